The summed E-state index contributed by atoms with van der Waals surface area (Å²) in [5, 5.41) is 0.738. The molecule has 0 bridgehead atoms. The second kappa shape index (κ2) is 5.15. The van der Waals surface area contributed by atoms with Gasteiger partial charge in [-0.2, -0.15) is 0 Å². The third-order valence-electron chi connectivity index (χ3n) is 2.58. The Morgan fingerprint density at radius 3 is 1.88 bits per heavy atom. The highest BCUT2D eigenvalue weighted by atomic mass is 35.5. The van der Waals surface area contributed by atoms with Crippen molar-refractivity contribution in [2.45, 2.75) is 13.3 Å². The van der Waals surface area contributed by atoms with Crippen molar-refractivity contribution in [2.24, 2.45) is 0 Å². The van der Waals surface area contributed by atoms with E-state index < -0.39 is 0 Å². The van der Waals surface area contributed by atoms with Crippen molar-refractivity contribution in [3.8, 4) is 11.1 Å². The predicted molar refractivity (Wildman–Crippen MR) is 71.3 cm³/mol. The van der Waals surface area contributed by atoms with E-state index in [9.17, 15) is 4.79 Å². The minimum Gasteiger partial charge on any atom is -0.300 e. The third-order valence-corrected chi connectivity index (χ3v) is 2.84. The van der Waals surface area contributed by atoms with Crippen molar-refractivity contribution in [1.82, 2.24) is 0 Å². The Bertz CT molecular complexity index is 512. The van der Waals surface area contributed by atoms with E-state index >= 15 is 0 Å². The van der Waals surface area contributed by atoms with Gasteiger partial charge in [0.25, 0.3) is 0 Å². The molecule has 2 aromatic rings. The quantitative estimate of drug-likeness (QED) is 0.793. The van der Waals surface area contributed by atoms with Gasteiger partial charge in [0.15, 0.2) is 0 Å². The average Bonchev–Trinajstić information content (AvgIpc) is 2.30. The molecule has 2 heteroatoms. The molecule has 1 nitrogen and oxygen atoms in total. The summed E-state index contributed by atoms with van der Waals surface area (Å²) in [6.45, 7) is 1.60. The lowest BCUT2D eigenvalue weighted by atomic mass is 10.0. The molecule has 0 atom stereocenters. The van der Waals surface area contributed by atoms with E-state index in [1.54, 1.807) is 6.92 Å². The Hall–Kier alpha value is -1.60. The second-order valence-electron chi connectivity index (χ2n) is 4.08. The molecule has 0 N–H and O–H groups in total. The summed E-state index contributed by atoms with van der Waals surface area (Å²) >= 11 is 5.84. The molecule has 86 valence electrons. The van der Waals surface area contributed by atoms with Crippen molar-refractivity contribution in [1.29, 1.82) is 0 Å². The number of hydrogen-bond acceptors (Lipinski definition) is 1. The zero-order chi connectivity index (χ0) is 12.3. The molecular weight excluding hydrogens is 232 g/mol. The van der Waals surface area contributed by atoms with Crippen LogP contribution in [0.2, 0.25) is 5.02 Å². The van der Waals surface area contributed by atoms with Crippen LogP contribution in [-0.4, -0.2) is 5.78 Å². The zero-order valence-electron chi connectivity index (χ0n) is 9.61. The minimum absolute atomic E-state index is 0.184. The van der Waals surface area contributed by atoms with Crippen LogP contribution in [0.5, 0.6) is 0 Å². The van der Waals surface area contributed by atoms with Gasteiger partial charge in [0.2, 0.25) is 0 Å². The van der Waals surface area contributed by atoms with Gasteiger partial charge in [0, 0.05) is 11.4 Å². The van der Waals surface area contributed by atoms with Crippen LogP contribution >= 0.6 is 11.6 Å². The predicted octanol–water partition coefficient (Wildman–Crippen LogP) is 4.14. The number of ketones is 1. The fourth-order valence-electron chi connectivity index (χ4n) is 1.74. The molecule has 0 radical (unpaired) electrons. The molecule has 2 aromatic carbocycles. The summed E-state index contributed by atoms with van der Waals surface area (Å²) < 4.78 is 0. The minimum atomic E-state index is 0.184. The number of carbonyl (C=O) groups is 1. The number of carbonyl (C=O) groups excluding carboxylic acids is 1. The number of Topliss-reactive ketones (excluding diaryl/α,β-unsaturated/α-hetero) is 1. The third kappa shape index (κ3) is 3.18. The van der Waals surface area contributed by atoms with Crippen molar-refractivity contribution in [3.63, 3.8) is 0 Å². The molecule has 0 fully saturated rings. The zero-order valence-corrected chi connectivity index (χ0v) is 10.4. The number of rotatable bonds is 3. The van der Waals surface area contributed by atoms with Crippen molar-refractivity contribution in [3.05, 3.63) is 59.1 Å². The fourth-order valence-corrected chi connectivity index (χ4v) is 1.87. The molecule has 0 unspecified atom stereocenters. The van der Waals surface area contributed by atoms with E-state index in [1.165, 1.54) is 0 Å². The number of benzene rings is 2. The highest BCUT2D eigenvalue weighted by Gasteiger charge is 2.00. The van der Waals surface area contributed by atoms with Crippen LogP contribution in [0.1, 0.15) is 12.5 Å². The summed E-state index contributed by atoms with van der Waals surface area (Å²) in [7, 11) is 0. The lowest BCUT2D eigenvalue weighted by Crippen LogP contribution is -1.95. The molecular formula is C15H13ClO. The summed E-state index contributed by atoms with van der Waals surface area (Å²) in [6, 6.07) is 15.8. The monoisotopic (exact) mass is 244 g/mol. The van der Waals surface area contributed by atoms with Crippen LogP contribution in [0.25, 0.3) is 11.1 Å². The van der Waals surface area contributed by atoms with Crippen molar-refractivity contribution in [2.75, 3.05) is 0 Å². The van der Waals surface area contributed by atoms with Crippen LogP contribution in [0.3, 0.4) is 0 Å². The molecule has 0 saturated carbocycles. The first-order valence-corrected chi connectivity index (χ1v) is 5.87. The Kier molecular flexibility index (Phi) is 3.60. The van der Waals surface area contributed by atoms with Gasteiger partial charge < -0.3 is 0 Å². The van der Waals surface area contributed by atoms with Crippen LogP contribution in [0, 0.1) is 0 Å². The van der Waals surface area contributed by atoms with Crippen LogP contribution in [0.15, 0.2) is 48.5 Å². The standard InChI is InChI=1S/C15H13ClO/c1-11(17)10-12-2-4-13(5-3-12)14-6-8-15(16)9-7-14/h2-9H,10H2,1H3. The van der Waals surface area contributed by atoms with E-state index in [4.69, 9.17) is 11.6 Å². The molecule has 0 aliphatic carbocycles. The van der Waals surface area contributed by atoms with Crippen LogP contribution in [-0.2, 0) is 11.2 Å². The first-order valence-electron chi connectivity index (χ1n) is 5.49. The molecule has 17 heavy (non-hydrogen) atoms. The maximum absolute atomic E-state index is 11.0. The van der Waals surface area contributed by atoms with Gasteiger partial charge in [-0.15, -0.1) is 0 Å². The van der Waals surface area contributed by atoms with Crippen molar-refractivity contribution >= 4 is 17.4 Å². The summed E-state index contributed by atoms with van der Waals surface area (Å²) in [5.41, 5.74) is 3.31. The summed E-state index contributed by atoms with van der Waals surface area (Å²) in [5.74, 6) is 0.184. The van der Waals surface area contributed by atoms with Gasteiger partial charge in [-0.3, -0.25) is 4.79 Å². The van der Waals surface area contributed by atoms with E-state index in [0.717, 1.165) is 21.7 Å². The first-order chi connectivity index (χ1) is 8.15. The largest absolute Gasteiger partial charge is 0.300 e. The fraction of sp³-hybridized carbons (Fsp3) is 0.133. The molecule has 0 aromatic heterocycles. The summed E-state index contributed by atoms with van der Waals surface area (Å²) in [6.07, 6.45) is 0.501. The first kappa shape index (κ1) is 11.9. The molecule has 0 aliphatic heterocycles. The maximum atomic E-state index is 11.0. The maximum Gasteiger partial charge on any atom is 0.134 e. The van der Waals surface area contributed by atoms with Gasteiger partial charge in [-0.05, 0) is 35.7 Å². The molecule has 2 rings (SSSR count). The van der Waals surface area contributed by atoms with Gasteiger partial charge in [0.1, 0.15) is 5.78 Å². The normalized spacial score (nSPS) is 10.2. The average molecular weight is 245 g/mol. The van der Waals surface area contributed by atoms with Crippen LogP contribution in [0.4, 0.5) is 0 Å². The lowest BCUT2D eigenvalue weighted by Gasteiger charge is -2.03. The second-order valence-corrected chi connectivity index (χ2v) is 4.52. The van der Waals surface area contributed by atoms with Gasteiger partial charge >= 0.3 is 0 Å². The van der Waals surface area contributed by atoms with Gasteiger partial charge in [0.05, 0.1) is 0 Å². The number of halogens is 1. The highest BCUT2D eigenvalue weighted by Crippen LogP contribution is 2.21. The number of hydrogen-bond donors (Lipinski definition) is 0. The SMILES string of the molecule is CC(=O)Cc1ccc(-c2ccc(Cl)cc2)cc1. The topological polar surface area (TPSA) is 17.1 Å². The van der Waals surface area contributed by atoms with Crippen LogP contribution < -0.4 is 0 Å². The lowest BCUT2D eigenvalue weighted by molar-refractivity contribution is -0.116. The molecule has 0 saturated heterocycles. The van der Waals surface area contributed by atoms with E-state index in [1.807, 2.05) is 48.5 Å². The Morgan fingerprint density at radius 2 is 1.41 bits per heavy atom. The van der Waals surface area contributed by atoms with Gasteiger partial charge in [-0.1, -0.05) is 48.0 Å². The molecule has 0 amide bonds. The molecule has 0 heterocycles. The molecule has 0 aliphatic rings. The smallest absolute Gasteiger partial charge is 0.134 e. The van der Waals surface area contributed by atoms with E-state index in [-0.39, 0.29) is 5.78 Å². The highest BCUT2D eigenvalue weighted by molar-refractivity contribution is 6.30. The Morgan fingerprint density at radius 1 is 0.941 bits per heavy atom. The Labute approximate surface area is 106 Å². The Balaban J connectivity index is 2.23. The van der Waals surface area contributed by atoms with E-state index in [0.29, 0.717) is 6.42 Å². The summed E-state index contributed by atoms with van der Waals surface area (Å²) in [4.78, 5) is 11.0. The molecule has 0 spiro atoms. The van der Waals surface area contributed by atoms with Crippen molar-refractivity contribution < 1.29 is 4.79 Å². The van der Waals surface area contributed by atoms with E-state index in [2.05, 4.69) is 0 Å². The van der Waals surface area contributed by atoms with Gasteiger partial charge in [-0.25, -0.2) is 0 Å².